The van der Waals surface area contributed by atoms with Gasteiger partial charge in [0.2, 0.25) is 0 Å². The van der Waals surface area contributed by atoms with Gasteiger partial charge in [0.25, 0.3) is 0 Å². The van der Waals surface area contributed by atoms with E-state index in [0.717, 1.165) is 0 Å². The van der Waals surface area contributed by atoms with Crippen molar-refractivity contribution in [2.75, 3.05) is 13.2 Å². The van der Waals surface area contributed by atoms with Crippen molar-refractivity contribution in [2.45, 2.75) is 34.1 Å². The molecule has 88 valence electrons. The molecule has 4 nitrogen and oxygen atoms in total. The van der Waals surface area contributed by atoms with E-state index < -0.39 is 7.60 Å². The normalized spacial score (nSPS) is 12.9. The van der Waals surface area contributed by atoms with Crippen LogP contribution in [0, 0.1) is 0 Å². The first-order valence-electron chi connectivity index (χ1n) is 5.14. The summed E-state index contributed by atoms with van der Waals surface area (Å²) in [5.74, 6) is -0.192. The van der Waals surface area contributed by atoms with Crippen LogP contribution in [0.1, 0.15) is 34.1 Å². The van der Waals surface area contributed by atoms with E-state index in [9.17, 15) is 9.36 Å². The Hall–Kier alpha value is -0.440. The summed E-state index contributed by atoms with van der Waals surface area (Å²) in [6, 6.07) is 0. The Bertz CT molecular complexity index is 273. The molecule has 5 heteroatoms. The quantitative estimate of drug-likeness (QED) is 0.501. The van der Waals surface area contributed by atoms with Gasteiger partial charge in [-0.3, -0.25) is 9.36 Å². The van der Waals surface area contributed by atoms with E-state index in [1.54, 1.807) is 27.7 Å². The molecule has 0 saturated heterocycles. The third-order valence-corrected chi connectivity index (χ3v) is 4.07. The lowest BCUT2D eigenvalue weighted by Crippen LogP contribution is -2.06. The maximum atomic E-state index is 12.2. The van der Waals surface area contributed by atoms with Gasteiger partial charge in [-0.15, -0.1) is 0 Å². The molecule has 0 fully saturated rings. The first-order chi connectivity index (χ1) is 7.05. The second-order valence-electron chi connectivity index (χ2n) is 2.78. The van der Waals surface area contributed by atoms with Crippen molar-refractivity contribution in [2.24, 2.45) is 0 Å². The Kier molecular flexibility index (Phi) is 6.73. The van der Waals surface area contributed by atoms with Crippen LogP contribution in [0.4, 0.5) is 0 Å². The van der Waals surface area contributed by atoms with Crippen molar-refractivity contribution in [3.05, 3.63) is 11.4 Å². The highest BCUT2D eigenvalue weighted by molar-refractivity contribution is 7.60. The van der Waals surface area contributed by atoms with Gasteiger partial charge in [0.1, 0.15) is 5.31 Å². The maximum absolute atomic E-state index is 12.2. The Balaban J connectivity index is 5.04. The van der Waals surface area contributed by atoms with E-state index in [-0.39, 0.29) is 24.3 Å². The minimum absolute atomic E-state index is 0.161. The standard InChI is InChI=1S/C10H19O4P/c1-5-9(11)10(6-2)15(12,13-7-3)14-8-4/h6H,5,7-8H2,1-4H3/b10-6-. The van der Waals surface area contributed by atoms with Crippen molar-refractivity contribution < 1.29 is 18.4 Å². The zero-order chi connectivity index (χ0) is 11.9. The monoisotopic (exact) mass is 234 g/mol. The SMILES string of the molecule is C/C=C(/C(=O)CC)P(=O)(OCC)OCC. The Morgan fingerprint density at radius 2 is 1.67 bits per heavy atom. The highest BCUT2D eigenvalue weighted by Crippen LogP contribution is 2.56. The van der Waals surface area contributed by atoms with Crippen LogP contribution in [0.3, 0.4) is 0 Å². The fourth-order valence-electron chi connectivity index (χ4n) is 1.17. The van der Waals surface area contributed by atoms with Gasteiger partial charge in [0.15, 0.2) is 5.78 Å². The van der Waals surface area contributed by atoms with Gasteiger partial charge in [-0.05, 0) is 20.8 Å². The molecule has 0 aromatic heterocycles. The Morgan fingerprint density at radius 3 is 1.93 bits per heavy atom. The molecular weight excluding hydrogens is 215 g/mol. The molecule has 0 spiro atoms. The lowest BCUT2D eigenvalue weighted by atomic mass is 10.3. The molecule has 0 aromatic rings. The predicted molar refractivity (Wildman–Crippen MR) is 59.9 cm³/mol. The molecule has 0 bridgehead atoms. The van der Waals surface area contributed by atoms with Gasteiger partial charge in [-0.25, -0.2) is 0 Å². The van der Waals surface area contributed by atoms with Crippen LogP contribution < -0.4 is 0 Å². The minimum atomic E-state index is -3.39. The third kappa shape index (κ3) is 3.90. The summed E-state index contributed by atoms with van der Waals surface area (Å²) in [6.45, 7) is 7.32. The largest absolute Gasteiger partial charge is 0.364 e. The maximum Gasteiger partial charge on any atom is 0.364 e. The molecule has 0 heterocycles. The van der Waals surface area contributed by atoms with E-state index >= 15 is 0 Å². The molecule has 0 aliphatic carbocycles. The van der Waals surface area contributed by atoms with E-state index in [1.807, 2.05) is 0 Å². The molecule has 0 saturated carbocycles. The summed E-state index contributed by atoms with van der Waals surface area (Å²) in [6.07, 6.45) is 1.81. The fraction of sp³-hybridized carbons (Fsp3) is 0.700. The van der Waals surface area contributed by atoms with E-state index in [1.165, 1.54) is 6.08 Å². The average Bonchev–Trinajstić information content (AvgIpc) is 2.19. The molecule has 0 rings (SSSR count). The zero-order valence-corrected chi connectivity index (χ0v) is 10.7. The molecule has 0 aromatic carbocycles. The predicted octanol–water partition coefficient (Wildman–Crippen LogP) is 3.14. The van der Waals surface area contributed by atoms with Crippen LogP contribution >= 0.6 is 7.60 Å². The summed E-state index contributed by atoms with van der Waals surface area (Å²) in [5, 5.41) is 0.161. The zero-order valence-electron chi connectivity index (χ0n) is 9.78. The summed E-state index contributed by atoms with van der Waals surface area (Å²) < 4.78 is 22.4. The summed E-state index contributed by atoms with van der Waals surface area (Å²) in [7, 11) is -3.39. The van der Waals surface area contributed by atoms with Crippen LogP contribution in [0.2, 0.25) is 0 Å². The van der Waals surface area contributed by atoms with Crippen molar-refractivity contribution in [3.8, 4) is 0 Å². The molecular formula is C10H19O4P. The second kappa shape index (κ2) is 6.94. The van der Waals surface area contributed by atoms with E-state index in [2.05, 4.69) is 0 Å². The van der Waals surface area contributed by atoms with E-state index in [4.69, 9.17) is 9.05 Å². The van der Waals surface area contributed by atoms with Crippen molar-refractivity contribution >= 4 is 13.4 Å². The van der Waals surface area contributed by atoms with Crippen molar-refractivity contribution in [1.82, 2.24) is 0 Å². The third-order valence-electron chi connectivity index (χ3n) is 1.77. The van der Waals surface area contributed by atoms with Gasteiger partial charge in [0, 0.05) is 6.42 Å². The van der Waals surface area contributed by atoms with Gasteiger partial charge >= 0.3 is 7.60 Å². The Labute approximate surface area is 91.2 Å². The van der Waals surface area contributed by atoms with Crippen LogP contribution in [0.25, 0.3) is 0 Å². The second-order valence-corrected chi connectivity index (χ2v) is 4.78. The molecule has 0 aliphatic rings. The van der Waals surface area contributed by atoms with Crippen molar-refractivity contribution in [3.63, 3.8) is 0 Å². The summed E-state index contributed by atoms with van der Waals surface area (Å²) >= 11 is 0. The van der Waals surface area contributed by atoms with E-state index in [0.29, 0.717) is 6.42 Å². The number of hydrogen-bond donors (Lipinski definition) is 0. The fourth-order valence-corrected chi connectivity index (χ4v) is 2.98. The lowest BCUT2D eigenvalue weighted by molar-refractivity contribution is -0.114. The first kappa shape index (κ1) is 14.6. The first-order valence-corrected chi connectivity index (χ1v) is 6.69. The van der Waals surface area contributed by atoms with Gasteiger partial charge in [0.05, 0.1) is 13.2 Å². The molecule has 0 radical (unpaired) electrons. The molecule has 0 amide bonds. The molecule has 0 N–H and O–H groups in total. The highest BCUT2D eigenvalue weighted by atomic mass is 31.2. The molecule has 0 atom stereocenters. The average molecular weight is 234 g/mol. The number of Topliss-reactive ketones (excluding diaryl/α,β-unsaturated/α-hetero) is 1. The number of rotatable bonds is 7. The highest BCUT2D eigenvalue weighted by Gasteiger charge is 2.32. The van der Waals surface area contributed by atoms with Crippen LogP contribution in [-0.2, 0) is 18.4 Å². The van der Waals surface area contributed by atoms with Crippen LogP contribution in [0.5, 0.6) is 0 Å². The Morgan fingerprint density at radius 1 is 1.20 bits per heavy atom. The summed E-state index contributed by atoms with van der Waals surface area (Å²) in [5.41, 5.74) is 0. The van der Waals surface area contributed by atoms with Crippen LogP contribution in [-0.4, -0.2) is 19.0 Å². The van der Waals surface area contributed by atoms with Gasteiger partial charge in [-0.2, -0.15) is 0 Å². The number of ketones is 1. The smallest absolute Gasteiger partial charge is 0.305 e. The number of allylic oxidation sites excluding steroid dienone is 2. The lowest BCUT2D eigenvalue weighted by Gasteiger charge is -2.18. The van der Waals surface area contributed by atoms with Gasteiger partial charge in [-0.1, -0.05) is 13.0 Å². The van der Waals surface area contributed by atoms with Gasteiger partial charge < -0.3 is 9.05 Å². The summed E-state index contributed by atoms with van der Waals surface area (Å²) in [4.78, 5) is 11.5. The molecule has 15 heavy (non-hydrogen) atoms. The molecule has 0 aliphatic heterocycles. The van der Waals surface area contributed by atoms with Crippen molar-refractivity contribution in [1.29, 1.82) is 0 Å². The molecule has 0 unspecified atom stereocenters. The number of hydrogen-bond acceptors (Lipinski definition) is 4. The van der Waals surface area contributed by atoms with Crippen LogP contribution in [0.15, 0.2) is 11.4 Å². The minimum Gasteiger partial charge on any atom is -0.305 e. The number of carbonyl (C=O) groups is 1. The topological polar surface area (TPSA) is 52.6 Å². The number of carbonyl (C=O) groups excluding carboxylic acids is 1.